The number of fused-ring (bicyclic) bond motifs is 1. The zero-order valence-electron chi connectivity index (χ0n) is 16.8. The number of rotatable bonds is 5. The number of benzene rings is 2. The molecule has 0 spiro atoms. The molecule has 0 aliphatic carbocycles. The second-order valence-corrected chi connectivity index (χ2v) is 10.5. The van der Waals surface area contributed by atoms with Gasteiger partial charge in [0.1, 0.15) is 23.1 Å². The molecule has 0 unspecified atom stereocenters. The van der Waals surface area contributed by atoms with E-state index in [1.807, 2.05) is 6.07 Å². The summed E-state index contributed by atoms with van der Waals surface area (Å²) in [4.78, 5) is 6.60. The monoisotopic (exact) mass is 428 g/mol. The molecule has 0 bridgehead atoms. The van der Waals surface area contributed by atoms with Gasteiger partial charge in [0, 0.05) is 23.3 Å². The summed E-state index contributed by atoms with van der Waals surface area (Å²) < 4.78 is 31.5. The number of aryl methyl sites for hydroxylation is 1. The first kappa shape index (κ1) is 19.9. The minimum Gasteiger partial charge on any atom is -0.489 e. The Kier molecular flexibility index (Phi) is 5.36. The maximum atomic E-state index is 12.8. The fourth-order valence-electron chi connectivity index (χ4n) is 3.59. The van der Waals surface area contributed by atoms with Gasteiger partial charge in [-0.3, -0.25) is 0 Å². The van der Waals surface area contributed by atoms with Gasteiger partial charge in [0.15, 0.2) is 9.84 Å². The standard InChI is InChI=1S/C22H24N2O3S2/c1-15(2)18-6-4-16(3)12-20(18)24-9-10-27-21-13-17(5-7-19(21)24)29(25,26)14-22-23-8-11-28-22/h4-8,11-13,15H,9-10,14H2,1-3H3. The zero-order chi connectivity index (χ0) is 20.6. The third kappa shape index (κ3) is 4.02. The van der Waals surface area contributed by atoms with Crippen LogP contribution in [0.25, 0.3) is 0 Å². The first-order valence-corrected chi connectivity index (χ1v) is 12.1. The fraction of sp³-hybridized carbons (Fsp3) is 0.318. The Labute approximate surface area is 175 Å². The van der Waals surface area contributed by atoms with E-state index in [-0.39, 0.29) is 10.6 Å². The fourth-order valence-corrected chi connectivity index (χ4v) is 5.86. The Balaban J connectivity index is 1.73. The van der Waals surface area contributed by atoms with Crippen molar-refractivity contribution in [2.75, 3.05) is 18.1 Å². The molecule has 152 valence electrons. The van der Waals surface area contributed by atoms with Gasteiger partial charge in [-0.2, -0.15) is 0 Å². The van der Waals surface area contributed by atoms with Crippen LogP contribution in [0.15, 0.2) is 52.9 Å². The van der Waals surface area contributed by atoms with Crippen molar-refractivity contribution in [3.05, 3.63) is 64.1 Å². The van der Waals surface area contributed by atoms with E-state index in [4.69, 9.17) is 4.74 Å². The molecule has 0 N–H and O–H groups in total. The summed E-state index contributed by atoms with van der Waals surface area (Å²) in [6.45, 7) is 7.69. The number of thiazole rings is 1. The summed E-state index contributed by atoms with van der Waals surface area (Å²) in [5.74, 6) is 0.894. The maximum Gasteiger partial charge on any atom is 0.185 e. The van der Waals surface area contributed by atoms with Crippen molar-refractivity contribution in [3.8, 4) is 5.75 Å². The molecule has 7 heteroatoms. The quantitative estimate of drug-likeness (QED) is 0.567. The highest BCUT2D eigenvalue weighted by Gasteiger charge is 2.25. The van der Waals surface area contributed by atoms with Gasteiger partial charge in [0.2, 0.25) is 0 Å². The predicted octanol–water partition coefficient (Wildman–Crippen LogP) is 5.08. The Bertz CT molecular complexity index is 1120. The number of hydrogen-bond acceptors (Lipinski definition) is 6. The van der Waals surface area contributed by atoms with E-state index in [9.17, 15) is 8.42 Å². The molecule has 1 aliphatic rings. The molecule has 3 aromatic rings. The smallest absolute Gasteiger partial charge is 0.185 e. The number of hydrogen-bond donors (Lipinski definition) is 0. The lowest BCUT2D eigenvalue weighted by Gasteiger charge is -2.34. The highest BCUT2D eigenvalue weighted by atomic mass is 32.2. The molecule has 0 radical (unpaired) electrons. The molecule has 2 aromatic carbocycles. The summed E-state index contributed by atoms with van der Waals surface area (Å²) in [5.41, 5.74) is 4.52. The Morgan fingerprint density at radius 1 is 1.17 bits per heavy atom. The summed E-state index contributed by atoms with van der Waals surface area (Å²) in [6, 6.07) is 11.7. The molecule has 1 aromatic heterocycles. The zero-order valence-corrected chi connectivity index (χ0v) is 18.4. The molecule has 0 amide bonds. The SMILES string of the molecule is Cc1ccc(C(C)C)c(N2CCOc3cc(S(=O)(=O)Cc4nccs4)ccc32)c1. The molecule has 0 fully saturated rings. The van der Waals surface area contributed by atoms with Gasteiger partial charge in [0.05, 0.1) is 17.1 Å². The van der Waals surface area contributed by atoms with E-state index >= 15 is 0 Å². The van der Waals surface area contributed by atoms with Crippen LogP contribution in [0.1, 0.15) is 35.9 Å². The van der Waals surface area contributed by atoms with Gasteiger partial charge in [0.25, 0.3) is 0 Å². The second kappa shape index (κ2) is 7.80. The third-order valence-corrected chi connectivity index (χ3v) is 7.64. The van der Waals surface area contributed by atoms with Crippen molar-refractivity contribution in [2.45, 2.75) is 37.3 Å². The Morgan fingerprint density at radius 3 is 2.72 bits per heavy atom. The maximum absolute atomic E-state index is 12.8. The van der Waals surface area contributed by atoms with Crippen molar-refractivity contribution in [1.82, 2.24) is 4.98 Å². The lowest BCUT2D eigenvalue weighted by Crippen LogP contribution is -2.29. The van der Waals surface area contributed by atoms with E-state index < -0.39 is 9.84 Å². The van der Waals surface area contributed by atoms with Gasteiger partial charge in [-0.25, -0.2) is 13.4 Å². The van der Waals surface area contributed by atoms with Gasteiger partial charge in [-0.1, -0.05) is 26.0 Å². The number of sulfone groups is 1. The highest BCUT2D eigenvalue weighted by Crippen LogP contribution is 2.41. The summed E-state index contributed by atoms with van der Waals surface area (Å²) in [5, 5.41) is 2.37. The molecule has 2 heterocycles. The average molecular weight is 429 g/mol. The number of aromatic nitrogens is 1. The second-order valence-electron chi connectivity index (χ2n) is 7.53. The lowest BCUT2D eigenvalue weighted by atomic mass is 9.98. The highest BCUT2D eigenvalue weighted by molar-refractivity contribution is 7.90. The van der Waals surface area contributed by atoms with Crippen LogP contribution in [0.5, 0.6) is 5.75 Å². The van der Waals surface area contributed by atoms with E-state index in [1.165, 1.54) is 22.5 Å². The topological polar surface area (TPSA) is 59.5 Å². The molecule has 1 aliphatic heterocycles. The molecule has 29 heavy (non-hydrogen) atoms. The van der Waals surface area contributed by atoms with Crippen LogP contribution in [0, 0.1) is 6.92 Å². The normalized spacial score (nSPS) is 14.0. The van der Waals surface area contributed by atoms with Crippen molar-refractivity contribution in [2.24, 2.45) is 0 Å². The molecule has 5 nitrogen and oxygen atoms in total. The largest absolute Gasteiger partial charge is 0.489 e. The van der Waals surface area contributed by atoms with Crippen LogP contribution in [0.3, 0.4) is 0 Å². The Hall–Kier alpha value is -2.38. The van der Waals surface area contributed by atoms with Crippen LogP contribution < -0.4 is 9.64 Å². The minimum atomic E-state index is -3.48. The molecule has 0 atom stereocenters. The van der Waals surface area contributed by atoms with Crippen LogP contribution in [0.2, 0.25) is 0 Å². The first-order chi connectivity index (χ1) is 13.8. The van der Waals surface area contributed by atoms with Gasteiger partial charge in [-0.15, -0.1) is 11.3 Å². The van der Waals surface area contributed by atoms with Gasteiger partial charge >= 0.3 is 0 Å². The molecular weight excluding hydrogens is 404 g/mol. The van der Waals surface area contributed by atoms with Crippen LogP contribution in [-0.4, -0.2) is 26.6 Å². The van der Waals surface area contributed by atoms with Gasteiger partial charge < -0.3 is 9.64 Å². The number of anilines is 2. The summed E-state index contributed by atoms with van der Waals surface area (Å²) in [7, 11) is -3.48. The molecule has 0 saturated heterocycles. The summed E-state index contributed by atoms with van der Waals surface area (Å²) >= 11 is 1.35. The third-order valence-electron chi connectivity index (χ3n) is 5.05. The average Bonchev–Trinajstić information content (AvgIpc) is 3.19. The van der Waals surface area contributed by atoms with E-state index in [0.717, 1.165) is 17.9 Å². The van der Waals surface area contributed by atoms with Crippen molar-refractivity contribution in [3.63, 3.8) is 0 Å². The molecular formula is C22H24N2O3S2. The van der Waals surface area contributed by atoms with Crippen LogP contribution in [-0.2, 0) is 15.6 Å². The molecule has 0 saturated carbocycles. The predicted molar refractivity (Wildman–Crippen MR) is 117 cm³/mol. The van der Waals surface area contributed by atoms with E-state index in [2.05, 4.69) is 48.9 Å². The number of nitrogens with zero attached hydrogens (tertiary/aromatic N) is 2. The first-order valence-electron chi connectivity index (χ1n) is 9.61. The van der Waals surface area contributed by atoms with Crippen molar-refractivity contribution < 1.29 is 13.2 Å². The summed E-state index contributed by atoms with van der Waals surface area (Å²) in [6.07, 6.45) is 1.62. The van der Waals surface area contributed by atoms with Gasteiger partial charge in [-0.05, 0) is 42.2 Å². The Morgan fingerprint density at radius 2 is 2.00 bits per heavy atom. The molecule has 4 rings (SSSR count). The van der Waals surface area contributed by atoms with E-state index in [1.54, 1.807) is 23.7 Å². The van der Waals surface area contributed by atoms with Crippen LogP contribution >= 0.6 is 11.3 Å². The van der Waals surface area contributed by atoms with Crippen LogP contribution in [0.4, 0.5) is 11.4 Å². The van der Waals surface area contributed by atoms with E-state index in [0.29, 0.717) is 23.3 Å². The minimum absolute atomic E-state index is 0.0947. The number of ether oxygens (including phenoxy) is 1. The van der Waals surface area contributed by atoms with Crippen molar-refractivity contribution >= 4 is 32.5 Å². The van der Waals surface area contributed by atoms with Crippen molar-refractivity contribution in [1.29, 1.82) is 0 Å². The lowest BCUT2D eigenvalue weighted by molar-refractivity contribution is 0.313.